The van der Waals surface area contributed by atoms with E-state index >= 15 is 0 Å². The number of methoxy groups -OCH3 is 4. The average Bonchev–Trinajstić information content (AvgIpc) is 3.73. The molecule has 23 atom stereocenters. The standard InChI is InChI=1S/C24H38N2O5.C20H31NO4.C4H7N.H15P13.H14P12/c1-4-13-25-24(27)31-19-11-14-26(17-19)20-7-5-6-8-21(20)30-15-12-18-9-10-22(28-2)23(16-18)29-3;1-23-19-8-7-15(13-20(19)24-2)10-12-25-18-6-4-3-5-17(18)21-11-9-16(22)14-21;1-3-5-4-2;1-8-12(9(2)3)13(10(4)5)11(6)7;1-8(2)11(7)12(9(3)4)10(5)6/h9-10,16,19-21H,4-8,11-15,17H2,1-3H3,(H,25,27);7-8,13,16-18,22H,3-6,9-12,14H2,1-2H3;1,4H2,2H3;8H,1-7H2;1-7H2/t19-,20-,21-;16-,17-,18-;;;/m11.../s1. The number of alkyl carbamates (subject to hydrolysis) is 1. The van der Waals surface area contributed by atoms with Crippen molar-refractivity contribution >= 4 is 215 Å². The van der Waals surface area contributed by atoms with Crippen LogP contribution in [-0.2, 0) is 27.1 Å². The Morgan fingerprint density at radius 2 is 1.09 bits per heavy atom. The molecular weight excluding hydrogens is 1550 g/mol. The van der Waals surface area contributed by atoms with Gasteiger partial charge in [0.2, 0.25) is 0 Å². The molecule has 38 heteroatoms. The molecule has 496 valence electrons. The lowest BCUT2D eigenvalue weighted by Gasteiger charge is -2.37. The van der Waals surface area contributed by atoms with Gasteiger partial charge in [-0.15, -0.1) is 125 Å². The molecule has 13 nitrogen and oxygen atoms in total. The molecule has 2 aromatic carbocycles. The lowest BCUT2D eigenvalue weighted by molar-refractivity contribution is -0.0320. The van der Waals surface area contributed by atoms with Crippen molar-refractivity contribution in [3.8, 4) is 23.0 Å². The van der Waals surface area contributed by atoms with Crippen LogP contribution in [0.4, 0.5) is 4.79 Å². The molecule has 0 spiro atoms. The number of β-amino-alcohol motifs (C(OH)–C–C–N with tert-alkyl or cyclic N) is 1. The number of hydrogen-bond acceptors (Lipinski definition) is 12. The van der Waals surface area contributed by atoms with E-state index in [9.17, 15) is 9.90 Å². The molecule has 1 amide bonds. The highest BCUT2D eigenvalue weighted by atomic mass is 33.3. The van der Waals surface area contributed by atoms with Crippen LogP contribution >= 0.6 is 203 Å². The van der Waals surface area contributed by atoms with Crippen molar-refractivity contribution in [1.29, 1.82) is 0 Å². The summed E-state index contributed by atoms with van der Waals surface area (Å²) in [7, 11) is 49.9. The molecule has 2 saturated heterocycles. The lowest BCUT2D eigenvalue weighted by Crippen LogP contribution is -2.46. The van der Waals surface area contributed by atoms with Gasteiger partial charge >= 0.3 is 6.09 Å². The van der Waals surface area contributed by atoms with Crippen LogP contribution in [0, 0.1) is 0 Å². The fraction of sp³-hybridized carbons (Fsp3) is 0.688. The zero-order chi connectivity index (χ0) is 64.3. The lowest BCUT2D eigenvalue weighted by atomic mass is 9.91. The van der Waals surface area contributed by atoms with Gasteiger partial charge < -0.3 is 43.6 Å². The van der Waals surface area contributed by atoms with Crippen LogP contribution in [0.25, 0.3) is 0 Å². The fourth-order valence-electron chi connectivity index (χ4n) is 9.81. The van der Waals surface area contributed by atoms with E-state index in [1.807, 2.05) is 38.1 Å². The minimum absolute atomic E-state index is 0.0220. The predicted molar refractivity (Wildman–Crippen MR) is 454 cm³/mol. The first-order valence-electron chi connectivity index (χ1n) is 28.2. The second-order valence-corrected chi connectivity index (χ2v) is 112. The molecule has 4 fully saturated rings. The number of carbonyl (C=O) groups is 1. The minimum Gasteiger partial charge on any atom is -0.493 e. The quantitative estimate of drug-likeness (QED) is 0.0654. The van der Waals surface area contributed by atoms with Crippen LogP contribution < -0.4 is 24.3 Å². The van der Waals surface area contributed by atoms with Crippen molar-refractivity contribution in [2.24, 2.45) is 4.99 Å². The van der Waals surface area contributed by atoms with E-state index in [2.05, 4.69) is 170 Å². The minimum atomic E-state index is -0.292. The molecule has 4 aliphatic rings. The Bertz CT molecular complexity index is 2180. The number of ether oxygens (including phenoxy) is 7. The number of carbonyl (C=O) groups excluding carboxylic acids is 1. The van der Waals surface area contributed by atoms with Crippen LogP contribution in [0.2, 0.25) is 0 Å². The summed E-state index contributed by atoms with van der Waals surface area (Å²) in [4.78, 5) is 20.4. The van der Waals surface area contributed by atoms with E-state index in [1.54, 1.807) is 28.4 Å². The smallest absolute Gasteiger partial charge is 0.407 e. The van der Waals surface area contributed by atoms with Crippen molar-refractivity contribution in [3.63, 3.8) is 0 Å². The summed E-state index contributed by atoms with van der Waals surface area (Å²) in [5.41, 5.74) is 2.37. The largest absolute Gasteiger partial charge is 0.493 e. The first-order valence-corrected chi connectivity index (χ1v) is 71.9. The van der Waals surface area contributed by atoms with E-state index in [1.165, 1.54) is 43.2 Å². The number of nitrogens with one attached hydrogen (secondary N) is 1. The van der Waals surface area contributed by atoms with Gasteiger partial charge in [0.05, 0.1) is 60.0 Å². The van der Waals surface area contributed by atoms with Gasteiger partial charge in [0.25, 0.3) is 0 Å². The average molecular weight is 1660 g/mol. The van der Waals surface area contributed by atoms with Gasteiger partial charge in [0.15, 0.2) is 23.0 Å². The predicted octanol–water partition coefficient (Wildman–Crippen LogP) is 21.1. The number of hydrogen-bond donors (Lipinski definition) is 2. The van der Waals surface area contributed by atoms with E-state index in [-0.39, 0.29) is 94.3 Å². The van der Waals surface area contributed by atoms with E-state index < -0.39 is 0 Å². The van der Waals surface area contributed by atoms with Gasteiger partial charge in [0, 0.05) is 51.4 Å². The Balaban J connectivity index is 0.000000407. The number of aliphatic imine (C=N–C) groups is 1. The van der Waals surface area contributed by atoms with Crippen molar-refractivity contribution in [2.75, 3.05) is 80.9 Å². The molecule has 2 aromatic rings. The number of aliphatic hydroxyl groups is 1. The molecule has 2 aliphatic carbocycles. The van der Waals surface area contributed by atoms with Crippen LogP contribution in [0.5, 0.6) is 23.0 Å². The Morgan fingerprint density at radius 1 is 0.640 bits per heavy atom. The van der Waals surface area contributed by atoms with E-state index in [0.29, 0.717) is 37.9 Å². The summed E-state index contributed by atoms with van der Waals surface area (Å²) in [6.45, 7) is 15.2. The maximum Gasteiger partial charge on any atom is 0.407 e. The first-order chi connectivity index (χ1) is 41.0. The third-order valence-electron chi connectivity index (χ3n) is 13.8. The van der Waals surface area contributed by atoms with E-state index in [0.717, 1.165) is 115 Å². The molecule has 2 heterocycles. The van der Waals surface area contributed by atoms with Gasteiger partial charge in [0.1, 0.15) is 6.10 Å². The summed E-state index contributed by atoms with van der Waals surface area (Å²) in [5, 5.41) is 12.6. The number of rotatable bonds is 27. The zero-order valence-electron chi connectivity index (χ0n) is 51.1. The molecule has 2 aliphatic heterocycles. The first kappa shape index (κ1) is 89.0. The van der Waals surface area contributed by atoms with Gasteiger partial charge in [-0.2, -0.15) is 0 Å². The molecular formula is C48H105N4O9P25. The second kappa shape index (κ2) is 52.8. The van der Waals surface area contributed by atoms with E-state index in [4.69, 9.17) is 33.2 Å². The monoisotopic (exact) mass is 1660 g/mol. The molecule has 86 heavy (non-hydrogen) atoms. The zero-order valence-corrected chi connectivity index (χ0v) is 77.2. The molecule has 0 aromatic heterocycles. The summed E-state index contributed by atoms with van der Waals surface area (Å²) in [6, 6.07) is 12.9. The SMILES string of the molecule is C=C=NCC.CCCNC(=O)O[C@@H]1CCN([C@@H]2CCCC[C@H]2OCCc2ccc(OC)c(OC)c2)C1.COc1ccc(CCO[C@@H]2CCCC[C@H]2N2CC[C@@H](O)C2)cc1OC.PP(P)P(P)P(P(P)P)P(P)P.PPP(P(P)P)P(P(P)P)P(P)P. The van der Waals surface area contributed by atoms with Crippen molar-refractivity contribution < 1.29 is 43.1 Å². The van der Waals surface area contributed by atoms with Crippen molar-refractivity contribution in [1.82, 2.24) is 15.1 Å². The molecule has 0 radical (unpaired) electrons. The Morgan fingerprint density at radius 3 is 1.43 bits per heavy atom. The fourth-order valence-corrected chi connectivity index (χ4v) is 239. The second-order valence-electron chi connectivity index (χ2n) is 19.8. The summed E-state index contributed by atoms with van der Waals surface area (Å²) >= 11 is 0. The van der Waals surface area contributed by atoms with Crippen molar-refractivity contribution in [3.05, 3.63) is 54.1 Å². The van der Waals surface area contributed by atoms with Crippen LogP contribution in [-0.4, -0.2) is 144 Å². The Labute approximate surface area is 565 Å². The summed E-state index contributed by atoms with van der Waals surface area (Å²) in [6.07, 6.45) is 14.0. The van der Waals surface area contributed by atoms with Crippen LogP contribution in [0.3, 0.4) is 0 Å². The molecule has 0 bridgehead atoms. The highest BCUT2D eigenvalue weighted by molar-refractivity contribution is 9.24. The maximum absolute atomic E-state index is 11.9. The third kappa shape index (κ3) is 35.0. The normalized spacial score (nSPS) is 21.5. The van der Waals surface area contributed by atoms with Gasteiger partial charge in [-0.3, -0.25) is 9.80 Å². The van der Waals surface area contributed by atoms with Gasteiger partial charge in [-0.05, 0) is 182 Å². The molecule has 17 unspecified atom stereocenters. The highest BCUT2D eigenvalue weighted by Crippen LogP contribution is 3.18. The molecule has 6 rings (SSSR count). The topological polar surface area (TPSA) is 133 Å². The van der Waals surface area contributed by atoms with Gasteiger partial charge in [-0.1, -0.05) is 52.7 Å². The Kier molecular flexibility index (Phi) is 54.7. The number of aliphatic hydroxyl groups excluding tert-OH is 1. The maximum atomic E-state index is 11.9. The number of benzene rings is 2. The summed E-state index contributed by atoms with van der Waals surface area (Å²) < 4.78 is 39.6. The number of likely N-dealkylation sites (tertiary alicyclic amines) is 2. The molecule has 2 N–H and O–H groups in total. The summed E-state index contributed by atoms with van der Waals surface area (Å²) in [5.74, 6) is 5.41. The van der Waals surface area contributed by atoms with Crippen LogP contribution in [0.1, 0.15) is 95.6 Å². The third-order valence-corrected chi connectivity index (χ3v) is 154. The molecule has 2 saturated carbocycles. The number of amides is 1. The Hall–Kier alpha value is 6.91. The highest BCUT2D eigenvalue weighted by Gasteiger charge is 2.37. The van der Waals surface area contributed by atoms with Crippen LogP contribution in [0.15, 0.2) is 48.0 Å². The van der Waals surface area contributed by atoms with Gasteiger partial charge in [-0.25, -0.2) is 9.79 Å². The number of nitrogens with zero attached hydrogens (tertiary/aromatic N) is 3. The van der Waals surface area contributed by atoms with Crippen molar-refractivity contribution in [2.45, 2.75) is 134 Å².